The second-order valence-electron chi connectivity index (χ2n) is 5.48. The third-order valence-electron chi connectivity index (χ3n) is 3.36. The van der Waals surface area contributed by atoms with Crippen LogP contribution in [0.15, 0.2) is 0 Å². The van der Waals surface area contributed by atoms with E-state index < -0.39 is 0 Å². The third-order valence-corrected chi connectivity index (χ3v) is 3.36. The molecule has 2 heteroatoms. The van der Waals surface area contributed by atoms with Crippen molar-refractivity contribution in [3.8, 4) is 0 Å². The van der Waals surface area contributed by atoms with Gasteiger partial charge in [-0.1, -0.05) is 26.7 Å². The van der Waals surface area contributed by atoms with Gasteiger partial charge in [-0.2, -0.15) is 0 Å². The van der Waals surface area contributed by atoms with Gasteiger partial charge in [0, 0.05) is 11.6 Å². The van der Waals surface area contributed by atoms with E-state index in [0.717, 1.165) is 12.3 Å². The highest BCUT2D eigenvalue weighted by molar-refractivity contribution is 4.88. The van der Waals surface area contributed by atoms with Crippen LogP contribution in [0.1, 0.15) is 47.0 Å². The fourth-order valence-electron chi connectivity index (χ4n) is 1.43. The molecule has 14 heavy (non-hydrogen) atoms. The second-order valence-corrected chi connectivity index (χ2v) is 5.48. The van der Waals surface area contributed by atoms with Gasteiger partial charge in [-0.25, -0.2) is 0 Å². The highest BCUT2D eigenvalue weighted by atomic mass is 15.2. The fourth-order valence-corrected chi connectivity index (χ4v) is 1.43. The van der Waals surface area contributed by atoms with Crippen LogP contribution in [0.25, 0.3) is 0 Å². The summed E-state index contributed by atoms with van der Waals surface area (Å²) in [5.74, 6) is 0.796. The summed E-state index contributed by atoms with van der Waals surface area (Å²) < 4.78 is 0. The molecular weight excluding hydrogens is 172 g/mol. The summed E-state index contributed by atoms with van der Waals surface area (Å²) in [6.45, 7) is 8.96. The van der Waals surface area contributed by atoms with Crippen LogP contribution < -0.4 is 5.73 Å². The molecule has 0 aromatic rings. The van der Waals surface area contributed by atoms with E-state index in [1.807, 2.05) is 0 Å². The Kier molecular flexibility index (Phi) is 5.68. The fraction of sp³-hybridized carbons (Fsp3) is 1.00. The average molecular weight is 200 g/mol. The van der Waals surface area contributed by atoms with E-state index in [0.29, 0.717) is 0 Å². The van der Waals surface area contributed by atoms with Crippen molar-refractivity contribution in [3.05, 3.63) is 0 Å². The number of hydrogen-bond acceptors (Lipinski definition) is 2. The van der Waals surface area contributed by atoms with Gasteiger partial charge in [0.2, 0.25) is 0 Å². The molecule has 2 N–H and O–H groups in total. The molecule has 86 valence electrons. The number of rotatable bonds is 6. The average Bonchev–Trinajstić information content (AvgIpc) is 2.02. The van der Waals surface area contributed by atoms with Crippen LogP contribution in [-0.2, 0) is 0 Å². The lowest BCUT2D eigenvalue weighted by Crippen LogP contribution is -2.52. The molecule has 1 atom stereocenters. The van der Waals surface area contributed by atoms with Crippen LogP contribution in [0.2, 0.25) is 0 Å². The molecule has 0 radical (unpaired) electrons. The second kappa shape index (κ2) is 5.72. The Labute approximate surface area is 89.9 Å². The van der Waals surface area contributed by atoms with Gasteiger partial charge in [0.25, 0.3) is 0 Å². The minimum absolute atomic E-state index is 0.108. The minimum atomic E-state index is 0.108. The summed E-state index contributed by atoms with van der Waals surface area (Å²) in [5, 5.41) is 0. The summed E-state index contributed by atoms with van der Waals surface area (Å²) in [6, 6.07) is 0.274. The Balaban J connectivity index is 3.89. The molecule has 0 aliphatic rings. The summed E-state index contributed by atoms with van der Waals surface area (Å²) in [6.07, 6.45) is 3.66. The lowest BCUT2D eigenvalue weighted by atomic mass is 9.89. The largest absolute Gasteiger partial charge is 0.326 e. The molecule has 0 fully saturated rings. The zero-order valence-corrected chi connectivity index (χ0v) is 10.8. The van der Waals surface area contributed by atoms with Crippen molar-refractivity contribution in [1.29, 1.82) is 0 Å². The van der Waals surface area contributed by atoms with Crippen molar-refractivity contribution in [2.45, 2.75) is 58.5 Å². The molecule has 0 rings (SSSR count). The lowest BCUT2D eigenvalue weighted by molar-refractivity contribution is 0.151. The van der Waals surface area contributed by atoms with Gasteiger partial charge in [-0.15, -0.1) is 0 Å². The van der Waals surface area contributed by atoms with Gasteiger partial charge in [-0.05, 0) is 40.3 Å². The number of nitrogens with zero attached hydrogens (tertiary/aromatic N) is 1. The molecule has 0 aliphatic carbocycles. The molecule has 0 saturated heterocycles. The number of nitrogens with two attached hydrogens (primary N) is 1. The number of likely N-dealkylation sites (N-methyl/N-ethyl adjacent to an activating group) is 1. The molecule has 0 aromatic carbocycles. The maximum absolute atomic E-state index is 6.20. The molecule has 0 spiro atoms. The van der Waals surface area contributed by atoms with E-state index in [1.54, 1.807) is 0 Å². The van der Waals surface area contributed by atoms with E-state index in [9.17, 15) is 0 Å². The normalized spacial score (nSPS) is 15.2. The molecule has 0 heterocycles. The van der Waals surface area contributed by atoms with Crippen LogP contribution in [-0.4, -0.2) is 30.6 Å². The predicted molar refractivity (Wildman–Crippen MR) is 64.4 cm³/mol. The van der Waals surface area contributed by atoms with Gasteiger partial charge >= 0.3 is 0 Å². The summed E-state index contributed by atoms with van der Waals surface area (Å²) in [5.41, 5.74) is 6.31. The molecule has 2 nitrogen and oxygen atoms in total. The Morgan fingerprint density at radius 1 is 1.14 bits per heavy atom. The van der Waals surface area contributed by atoms with E-state index in [1.165, 1.54) is 12.8 Å². The Morgan fingerprint density at radius 3 is 2.00 bits per heavy atom. The number of hydrogen-bond donors (Lipinski definition) is 1. The van der Waals surface area contributed by atoms with Crippen LogP contribution in [0.5, 0.6) is 0 Å². The monoisotopic (exact) mass is 200 g/mol. The van der Waals surface area contributed by atoms with Crippen molar-refractivity contribution < 1.29 is 0 Å². The summed E-state index contributed by atoms with van der Waals surface area (Å²) in [7, 11) is 4.20. The zero-order valence-electron chi connectivity index (χ0n) is 10.8. The van der Waals surface area contributed by atoms with Crippen molar-refractivity contribution >= 4 is 0 Å². The Hall–Kier alpha value is -0.0800. The van der Waals surface area contributed by atoms with Gasteiger partial charge in [0.05, 0.1) is 0 Å². The minimum Gasteiger partial charge on any atom is -0.326 e. The quantitative estimate of drug-likeness (QED) is 0.714. The van der Waals surface area contributed by atoms with Crippen LogP contribution in [0, 0.1) is 5.92 Å². The Morgan fingerprint density at radius 2 is 1.64 bits per heavy atom. The summed E-state index contributed by atoms with van der Waals surface area (Å²) in [4.78, 5) is 2.22. The smallest absolute Gasteiger partial charge is 0.0298 e. The zero-order chi connectivity index (χ0) is 11.4. The van der Waals surface area contributed by atoms with Crippen molar-refractivity contribution in [1.82, 2.24) is 4.90 Å². The molecule has 0 saturated carbocycles. The summed E-state index contributed by atoms with van der Waals surface area (Å²) >= 11 is 0. The van der Waals surface area contributed by atoms with Crippen LogP contribution in [0.3, 0.4) is 0 Å². The first-order chi connectivity index (χ1) is 6.28. The lowest BCUT2D eigenvalue weighted by Gasteiger charge is -2.38. The highest BCUT2D eigenvalue weighted by Gasteiger charge is 2.27. The van der Waals surface area contributed by atoms with Gasteiger partial charge in [0.15, 0.2) is 0 Å². The topological polar surface area (TPSA) is 29.3 Å². The van der Waals surface area contributed by atoms with E-state index >= 15 is 0 Å². The third kappa shape index (κ3) is 4.43. The van der Waals surface area contributed by atoms with E-state index in [-0.39, 0.29) is 11.6 Å². The molecule has 1 unspecified atom stereocenters. The predicted octanol–water partition coefficient (Wildman–Crippen LogP) is 2.48. The van der Waals surface area contributed by atoms with Gasteiger partial charge < -0.3 is 10.6 Å². The van der Waals surface area contributed by atoms with Crippen molar-refractivity contribution in [3.63, 3.8) is 0 Å². The van der Waals surface area contributed by atoms with Crippen LogP contribution >= 0.6 is 0 Å². The van der Waals surface area contributed by atoms with Gasteiger partial charge in [-0.3, -0.25) is 0 Å². The first-order valence-electron chi connectivity index (χ1n) is 5.71. The molecular formula is C12H28N2. The molecule has 0 amide bonds. The van der Waals surface area contributed by atoms with Gasteiger partial charge in [0.1, 0.15) is 0 Å². The van der Waals surface area contributed by atoms with E-state index in [4.69, 9.17) is 5.73 Å². The maximum Gasteiger partial charge on any atom is 0.0298 e. The Bertz CT molecular complexity index is 150. The SMILES string of the molecule is CC(C)CCCC(N)C(C)(C)N(C)C. The standard InChI is InChI=1S/C12H28N2/c1-10(2)8-7-9-11(13)12(3,4)14(5)6/h10-11H,7-9,13H2,1-6H3. The van der Waals surface area contributed by atoms with Crippen molar-refractivity contribution in [2.24, 2.45) is 11.7 Å². The van der Waals surface area contributed by atoms with Crippen LogP contribution in [0.4, 0.5) is 0 Å². The molecule has 0 bridgehead atoms. The van der Waals surface area contributed by atoms with Crippen molar-refractivity contribution in [2.75, 3.05) is 14.1 Å². The van der Waals surface area contributed by atoms with E-state index in [2.05, 4.69) is 46.7 Å². The maximum atomic E-state index is 6.20. The highest BCUT2D eigenvalue weighted by Crippen LogP contribution is 2.19. The first-order valence-corrected chi connectivity index (χ1v) is 5.71. The molecule has 0 aliphatic heterocycles. The first kappa shape index (κ1) is 13.9. The molecule has 0 aromatic heterocycles.